The predicted molar refractivity (Wildman–Crippen MR) is 85.0 cm³/mol. The second-order valence-electron chi connectivity index (χ2n) is 6.25. The van der Waals surface area contributed by atoms with Gasteiger partial charge in [0, 0.05) is 13.0 Å². The monoisotopic (exact) mass is 276 g/mol. The minimum absolute atomic E-state index is 0.145. The molecule has 0 saturated heterocycles. The van der Waals surface area contributed by atoms with Crippen molar-refractivity contribution >= 4 is 5.91 Å². The highest BCUT2D eigenvalue weighted by Crippen LogP contribution is 2.22. The second kappa shape index (κ2) is 8.05. The Morgan fingerprint density at radius 1 is 1.10 bits per heavy atom. The fourth-order valence-corrected chi connectivity index (χ4v) is 2.03. The van der Waals surface area contributed by atoms with Crippen molar-refractivity contribution in [2.45, 2.75) is 45.4 Å². The molecule has 0 radical (unpaired) electrons. The van der Waals surface area contributed by atoms with Gasteiger partial charge in [-0.05, 0) is 43.0 Å². The number of nitrogens with one attached hydrogen (secondary N) is 2. The first-order valence-electron chi connectivity index (χ1n) is 7.44. The number of benzene rings is 1. The minimum Gasteiger partial charge on any atom is -0.356 e. The van der Waals surface area contributed by atoms with Crippen molar-refractivity contribution in [3.8, 4) is 0 Å². The summed E-state index contributed by atoms with van der Waals surface area (Å²) >= 11 is 0. The zero-order valence-corrected chi connectivity index (χ0v) is 13.3. The number of carbonyl (C=O) groups is 1. The third-order valence-corrected chi connectivity index (χ3v) is 3.39. The summed E-state index contributed by atoms with van der Waals surface area (Å²) in [5.74, 6) is 0.145. The van der Waals surface area contributed by atoms with Gasteiger partial charge in [0.1, 0.15) is 0 Å². The Hall–Kier alpha value is -1.35. The summed E-state index contributed by atoms with van der Waals surface area (Å²) in [5.41, 5.74) is 2.81. The zero-order valence-electron chi connectivity index (χ0n) is 13.3. The molecule has 1 amide bonds. The standard InChI is InChI=1S/C17H28N2O/c1-17(2,3)15-9-7-14(8-10-15)11-13-19-16(20)6-5-12-18-4/h7-10,18H,5-6,11-13H2,1-4H3,(H,19,20). The lowest BCUT2D eigenvalue weighted by molar-refractivity contribution is -0.121. The van der Waals surface area contributed by atoms with Crippen LogP contribution in [0.1, 0.15) is 44.7 Å². The molecule has 0 bridgehead atoms. The fourth-order valence-electron chi connectivity index (χ4n) is 2.03. The van der Waals surface area contributed by atoms with Crippen LogP contribution in [0.3, 0.4) is 0 Å². The number of hydrogen-bond acceptors (Lipinski definition) is 2. The van der Waals surface area contributed by atoms with Crippen LogP contribution in [0.15, 0.2) is 24.3 Å². The summed E-state index contributed by atoms with van der Waals surface area (Å²) in [6.45, 7) is 8.25. The molecule has 0 aromatic heterocycles. The van der Waals surface area contributed by atoms with Crippen LogP contribution in [-0.2, 0) is 16.6 Å². The molecule has 0 atom stereocenters. The van der Waals surface area contributed by atoms with E-state index in [2.05, 4.69) is 55.7 Å². The van der Waals surface area contributed by atoms with Gasteiger partial charge in [-0.15, -0.1) is 0 Å². The first-order valence-corrected chi connectivity index (χ1v) is 7.44. The largest absolute Gasteiger partial charge is 0.356 e. The summed E-state index contributed by atoms with van der Waals surface area (Å²) in [4.78, 5) is 11.6. The van der Waals surface area contributed by atoms with Gasteiger partial charge in [0.25, 0.3) is 0 Å². The zero-order chi connectivity index (χ0) is 15.0. The Balaban J connectivity index is 2.30. The maximum absolute atomic E-state index is 11.6. The Morgan fingerprint density at radius 2 is 1.75 bits per heavy atom. The lowest BCUT2D eigenvalue weighted by Crippen LogP contribution is -2.26. The first kappa shape index (κ1) is 16.7. The normalized spacial score (nSPS) is 11.4. The molecule has 0 aliphatic carbocycles. The summed E-state index contributed by atoms with van der Waals surface area (Å²) in [5, 5.41) is 6.01. The average molecular weight is 276 g/mol. The fraction of sp³-hybridized carbons (Fsp3) is 0.588. The number of rotatable bonds is 7. The Kier molecular flexibility index (Phi) is 6.73. The molecule has 0 aliphatic heterocycles. The van der Waals surface area contributed by atoms with E-state index in [1.165, 1.54) is 11.1 Å². The van der Waals surface area contributed by atoms with E-state index in [-0.39, 0.29) is 11.3 Å². The number of hydrogen-bond donors (Lipinski definition) is 2. The predicted octanol–water partition coefficient (Wildman–Crippen LogP) is 2.64. The van der Waals surface area contributed by atoms with Crippen molar-refractivity contribution < 1.29 is 4.79 Å². The van der Waals surface area contributed by atoms with Gasteiger partial charge < -0.3 is 10.6 Å². The molecule has 0 unspecified atom stereocenters. The Morgan fingerprint density at radius 3 is 2.30 bits per heavy atom. The Bertz CT molecular complexity index is 404. The van der Waals surface area contributed by atoms with Crippen molar-refractivity contribution in [2.24, 2.45) is 0 Å². The van der Waals surface area contributed by atoms with E-state index in [1.807, 2.05) is 7.05 Å². The van der Waals surface area contributed by atoms with Crippen LogP contribution in [0.2, 0.25) is 0 Å². The first-order chi connectivity index (χ1) is 9.43. The molecule has 2 N–H and O–H groups in total. The van der Waals surface area contributed by atoms with Crippen LogP contribution in [0.25, 0.3) is 0 Å². The third-order valence-electron chi connectivity index (χ3n) is 3.39. The molecule has 3 nitrogen and oxygen atoms in total. The minimum atomic E-state index is 0.145. The smallest absolute Gasteiger partial charge is 0.220 e. The summed E-state index contributed by atoms with van der Waals surface area (Å²) in [6, 6.07) is 8.69. The van der Waals surface area contributed by atoms with Crippen molar-refractivity contribution in [3.05, 3.63) is 35.4 Å². The summed E-state index contributed by atoms with van der Waals surface area (Å²) in [6.07, 6.45) is 2.38. The second-order valence-corrected chi connectivity index (χ2v) is 6.25. The van der Waals surface area contributed by atoms with E-state index >= 15 is 0 Å². The van der Waals surface area contributed by atoms with Crippen LogP contribution in [-0.4, -0.2) is 26.0 Å². The van der Waals surface area contributed by atoms with Crippen LogP contribution in [0, 0.1) is 0 Å². The molecule has 1 aromatic carbocycles. The van der Waals surface area contributed by atoms with Gasteiger partial charge in [-0.25, -0.2) is 0 Å². The maximum Gasteiger partial charge on any atom is 0.220 e. The summed E-state index contributed by atoms with van der Waals surface area (Å²) < 4.78 is 0. The highest BCUT2D eigenvalue weighted by molar-refractivity contribution is 5.75. The van der Waals surface area contributed by atoms with E-state index in [9.17, 15) is 4.79 Å². The van der Waals surface area contributed by atoms with E-state index in [0.29, 0.717) is 13.0 Å². The molecule has 1 rings (SSSR count). The van der Waals surface area contributed by atoms with Crippen LogP contribution >= 0.6 is 0 Å². The average Bonchev–Trinajstić information content (AvgIpc) is 2.38. The molecule has 20 heavy (non-hydrogen) atoms. The topological polar surface area (TPSA) is 41.1 Å². The van der Waals surface area contributed by atoms with Crippen LogP contribution in [0.4, 0.5) is 0 Å². The molecule has 0 heterocycles. The Labute approximate surface area is 123 Å². The number of carbonyl (C=O) groups excluding carboxylic acids is 1. The summed E-state index contributed by atoms with van der Waals surface area (Å²) in [7, 11) is 1.90. The van der Waals surface area contributed by atoms with E-state index < -0.39 is 0 Å². The van der Waals surface area contributed by atoms with Gasteiger partial charge in [0.15, 0.2) is 0 Å². The van der Waals surface area contributed by atoms with Gasteiger partial charge in [-0.1, -0.05) is 45.0 Å². The molecule has 3 heteroatoms. The van der Waals surface area contributed by atoms with E-state index in [1.54, 1.807) is 0 Å². The van der Waals surface area contributed by atoms with Crippen molar-refractivity contribution in [1.29, 1.82) is 0 Å². The highest BCUT2D eigenvalue weighted by Gasteiger charge is 2.12. The molecule has 0 fully saturated rings. The van der Waals surface area contributed by atoms with E-state index in [4.69, 9.17) is 0 Å². The maximum atomic E-state index is 11.6. The molecule has 1 aromatic rings. The number of amides is 1. The van der Waals surface area contributed by atoms with Gasteiger partial charge in [0.2, 0.25) is 5.91 Å². The molecular weight excluding hydrogens is 248 g/mol. The SMILES string of the molecule is CNCCCC(=O)NCCc1ccc(C(C)(C)C)cc1. The van der Waals surface area contributed by atoms with Crippen LogP contribution < -0.4 is 10.6 Å². The van der Waals surface area contributed by atoms with Crippen molar-refractivity contribution in [1.82, 2.24) is 10.6 Å². The lowest BCUT2D eigenvalue weighted by Gasteiger charge is -2.19. The van der Waals surface area contributed by atoms with Crippen molar-refractivity contribution in [3.63, 3.8) is 0 Å². The van der Waals surface area contributed by atoms with Gasteiger partial charge >= 0.3 is 0 Å². The van der Waals surface area contributed by atoms with Gasteiger partial charge in [-0.3, -0.25) is 4.79 Å². The quantitative estimate of drug-likeness (QED) is 0.752. The van der Waals surface area contributed by atoms with Crippen molar-refractivity contribution in [2.75, 3.05) is 20.1 Å². The molecule has 0 saturated carbocycles. The van der Waals surface area contributed by atoms with Crippen LogP contribution in [0.5, 0.6) is 0 Å². The molecule has 0 spiro atoms. The molecule has 0 aliphatic rings. The lowest BCUT2D eigenvalue weighted by atomic mass is 9.86. The highest BCUT2D eigenvalue weighted by atomic mass is 16.1. The van der Waals surface area contributed by atoms with Gasteiger partial charge in [-0.2, -0.15) is 0 Å². The third kappa shape index (κ3) is 6.20. The van der Waals surface area contributed by atoms with Gasteiger partial charge in [0.05, 0.1) is 0 Å². The molecule has 112 valence electrons. The molecular formula is C17H28N2O. The van der Waals surface area contributed by atoms with E-state index in [0.717, 1.165) is 19.4 Å².